The molecule has 2 bridgehead atoms. The number of hydrogen-bond acceptors (Lipinski definition) is 3. The standard InChI is InChI=1S/C22H28NO3/c1-6-25-22(26-7-2)19-15-11-10-13-17(24-5)18(15)20(21(22,3)4)23-14-9-8-12-16(19)23/h8-14,19-20H,6-7H2,1-5H3/q+1/t19-,20-/m0/s1. The van der Waals surface area contributed by atoms with Gasteiger partial charge in [-0.3, -0.25) is 0 Å². The van der Waals surface area contributed by atoms with Gasteiger partial charge in [-0.15, -0.1) is 0 Å². The summed E-state index contributed by atoms with van der Waals surface area (Å²) in [6.07, 6.45) is 2.17. The lowest BCUT2D eigenvalue weighted by Crippen LogP contribution is -2.71. The van der Waals surface area contributed by atoms with Gasteiger partial charge >= 0.3 is 0 Å². The second kappa shape index (κ2) is 6.07. The molecule has 0 radical (unpaired) electrons. The first-order valence-corrected chi connectivity index (χ1v) is 9.48. The Morgan fingerprint density at radius 1 is 1.00 bits per heavy atom. The Bertz CT molecular complexity index is 824. The quantitative estimate of drug-likeness (QED) is 0.604. The maximum absolute atomic E-state index is 6.47. The zero-order valence-corrected chi connectivity index (χ0v) is 16.3. The Labute approximate surface area is 155 Å². The third-order valence-electron chi connectivity index (χ3n) is 6.08. The summed E-state index contributed by atoms with van der Waals surface area (Å²) >= 11 is 0. The smallest absolute Gasteiger partial charge is 0.197 e. The minimum atomic E-state index is -0.706. The highest BCUT2D eigenvalue weighted by Gasteiger charge is 2.71. The molecule has 0 spiro atoms. The van der Waals surface area contributed by atoms with Crippen molar-refractivity contribution >= 4 is 0 Å². The first kappa shape index (κ1) is 17.5. The number of ether oxygens (including phenoxy) is 3. The molecule has 0 N–H and O–H groups in total. The first-order chi connectivity index (χ1) is 12.5. The SMILES string of the molecule is CCOC1(OCC)[C@H]2c3cccc(OC)c3[C@H]([n+]3ccccc32)C1(C)C. The van der Waals surface area contributed by atoms with Gasteiger partial charge in [0.2, 0.25) is 0 Å². The van der Waals surface area contributed by atoms with E-state index in [1.54, 1.807) is 7.11 Å². The van der Waals surface area contributed by atoms with Crippen LogP contribution in [0.5, 0.6) is 5.75 Å². The fourth-order valence-electron chi connectivity index (χ4n) is 5.21. The molecule has 4 nitrogen and oxygen atoms in total. The van der Waals surface area contributed by atoms with Crippen LogP contribution in [0.1, 0.15) is 56.5 Å². The van der Waals surface area contributed by atoms with Crippen LogP contribution in [0.4, 0.5) is 0 Å². The summed E-state index contributed by atoms with van der Waals surface area (Å²) in [5.41, 5.74) is 3.47. The summed E-state index contributed by atoms with van der Waals surface area (Å²) in [5, 5.41) is 0. The van der Waals surface area contributed by atoms with Crippen molar-refractivity contribution in [2.24, 2.45) is 5.41 Å². The second-order valence-electron chi connectivity index (χ2n) is 7.59. The fraction of sp³-hybridized carbons (Fsp3) is 0.500. The number of aromatic nitrogens is 1. The van der Waals surface area contributed by atoms with Gasteiger partial charge in [0.25, 0.3) is 0 Å². The minimum Gasteiger partial charge on any atom is -0.496 e. The van der Waals surface area contributed by atoms with Crippen molar-refractivity contribution in [2.45, 2.75) is 45.4 Å². The predicted molar refractivity (Wildman–Crippen MR) is 99.4 cm³/mol. The maximum atomic E-state index is 6.47. The van der Waals surface area contributed by atoms with Gasteiger partial charge in [-0.1, -0.05) is 18.2 Å². The van der Waals surface area contributed by atoms with Gasteiger partial charge in [-0.25, -0.2) is 0 Å². The van der Waals surface area contributed by atoms with Crippen LogP contribution in [0.25, 0.3) is 0 Å². The van der Waals surface area contributed by atoms with Crippen LogP contribution >= 0.6 is 0 Å². The molecule has 2 atom stereocenters. The lowest BCUT2D eigenvalue weighted by molar-refractivity contribution is -0.755. The predicted octanol–water partition coefficient (Wildman–Crippen LogP) is 3.83. The van der Waals surface area contributed by atoms with Crippen LogP contribution in [0.2, 0.25) is 0 Å². The Morgan fingerprint density at radius 3 is 2.38 bits per heavy atom. The molecule has 5 rings (SSSR count). The lowest BCUT2D eigenvalue weighted by Gasteiger charge is -2.57. The normalized spacial score (nSPS) is 24.0. The molecule has 3 heterocycles. The largest absolute Gasteiger partial charge is 0.496 e. The molecule has 0 saturated heterocycles. The highest BCUT2D eigenvalue weighted by Crippen LogP contribution is 2.63. The summed E-state index contributed by atoms with van der Waals surface area (Å²) in [6.45, 7) is 9.83. The van der Waals surface area contributed by atoms with Crippen molar-refractivity contribution in [3.8, 4) is 5.75 Å². The van der Waals surface area contributed by atoms with E-state index < -0.39 is 5.79 Å². The molecule has 0 unspecified atom stereocenters. The van der Waals surface area contributed by atoms with Gasteiger partial charge in [0.1, 0.15) is 11.7 Å². The van der Waals surface area contributed by atoms with Crippen LogP contribution < -0.4 is 9.30 Å². The number of hydrogen-bond donors (Lipinski definition) is 0. The number of methoxy groups -OCH3 is 1. The average Bonchev–Trinajstić information content (AvgIpc) is 2.64. The number of fused-ring (bicyclic) bond motifs is 1. The van der Waals surface area contributed by atoms with Crippen molar-refractivity contribution in [3.05, 3.63) is 59.4 Å². The number of benzene rings is 1. The number of nitrogens with zero attached hydrogens (tertiary/aromatic N) is 1. The zero-order chi connectivity index (χ0) is 18.5. The van der Waals surface area contributed by atoms with E-state index in [-0.39, 0.29) is 17.4 Å². The Morgan fingerprint density at radius 2 is 1.73 bits per heavy atom. The van der Waals surface area contributed by atoms with Gasteiger partial charge in [-0.2, -0.15) is 4.57 Å². The molecule has 0 saturated carbocycles. The van der Waals surface area contributed by atoms with Crippen LogP contribution in [-0.2, 0) is 9.47 Å². The molecule has 0 fully saturated rings. The molecule has 2 aliphatic heterocycles. The zero-order valence-electron chi connectivity index (χ0n) is 16.3. The minimum absolute atomic E-state index is 0.00583. The van der Waals surface area contributed by atoms with Crippen LogP contribution in [0, 0.1) is 5.41 Å². The van der Waals surface area contributed by atoms with Crippen molar-refractivity contribution in [1.29, 1.82) is 0 Å². The first-order valence-electron chi connectivity index (χ1n) is 9.48. The van der Waals surface area contributed by atoms with Gasteiger partial charge < -0.3 is 14.2 Å². The molecular weight excluding hydrogens is 326 g/mol. The van der Waals surface area contributed by atoms with E-state index in [9.17, 15) is 0 Å². The maximum Gasteiger partial charge on any atom is 0.197 e. The van der Waals surface area contributed by atoms with Crippen molar-refractivity contribution in [1.82, 2.24) is 0 Å². The molecule has 1 aliphatic carbocycles. The third kappa shape index (κ3) is 2.00. The Kier molecular flexibility index (Phi) is 4.08. The second-order valence-corrected chi connectivity index (χ2v) is 7.59. The van der Waals surface area contributed by atoms with Crippen molar-refractivity contribution in [3.63, 3.8) is 0 Å². The van der Waals surface area contributed by atoms with Gasteiger partial charge in [0, 0.05) is 25.3 Å². The molecule has 26 heavy (non-hydrogen) atoms. The van der Waals surface area contributed by atoms with Crippen LogP contribution in [0.15, 0.2) is 42.6 Å². The topological polar surface area (TPSA) is 31.6 Å². The van der Waals surface area contributed by atoms with Gasteiger partial charge in [-0.05, 0) is 39.3 Å². The summed E-state index contributed by atoms with van der Waals surface area (Å²) < 4.78 is 21.1. The van der Waals surface area contributed by atoms with E-state index in [1.807, 2.05) is 13.8 Å². The van der Waals surface area contributed by atoms with Crippen molar-refractivity contribution in [2.75, 3.05) is 20.3 Å². The van der Waals surface area contributed by atoms with E-state index in [2.05, 4.69) is 61.0 Å². The molecule has 3 aliphatic rings. The Hall–Kier alpha value is -1.91. The monoisotopic (exact) mass is 354 g/mol. The molecule has 138 valence electrons. The van der Waals surface area contributed by atoms with E-state index in [0.29, 0.717) is 13.2 Å². The van der Waals surface area contributed by atoms with Crippen LogP contribution in [-0.4, -0.2) is 26.1 Å². The Balaban J connectivity index is 2.09. The highest BCUT2D eigenvalue weighted by molar-refractivity contribution is 5.52. The molecular formula is C22H28NO3+. The summed E-state index contributed by atoms with van der Waals surface area (Å²) in [4.78, 5) is 0. The molecule has 4 heteroatoms. The van der Waals surface area contributed by atoms with Gasteiger partial charge in [0.15, 0.2) is 23.7 Å². The van der Waals surface area contributed by atoms with Crippen LogP contribution in [0.3, 0.4) is 0 Å². The lowest BCUT2D eigenvalue weighted by atomic mass is 9.57. The fourth-order valence-corrected chi connectivity index (χ4v) is 5.21. The number of pyridine rings is 1. The highest BCUT2D eigenvalue weighted by atomic mass is 16.7. The average molecular weight is 354 g/mol. The number of rotatable bonds is 5. The summed E-state index contributed by atoms with van der Waals surface area (Å²) in [7, 11) is 1.75. The third-order valence-corrected chi connectivity index (χ3v) is 6.08. The molecule has 0 amide bonds. The summed E-state index contributed by atoms with van der Waals surface area (Å²) in [6, 6.07) is 12.8. The van der Waals surface area contributed by atoms with E-state index >= 15 is 0 Å². The molecule has 2 aromatic rings. The van der Waals surface area contributed by atoms with E-state index in [4.69, 9.17) is 14.2 Å². The van der Waals surface area contributed by atoms with Crippen molar-refractivity contribution < 1.29 is 18.8 Å². The van der Waals surface area contributed by atoms with Gasteiger partial charge in [0.05, 0.1) is 18.1 Å². The molecule has 1 aromatic carbocycles. The van der Waals surface area contributed by atoms with E-state index in [0.717, 1.165) is 5.75 Å². The summed E-state index contributed by atoms with van der Waals surface area (Å²) in [5.74, 6) is 0.227. The van der Waals surface area contributed by atoms with E-state index in [1.165, 1.54) is 16.8 Å². The molecule has 1 aromatic heterocycles.